The highest BCUT2D eigenvalue weighted by molar-refractivity contribution is 7.89. The van der Waals surface area contributed by atoms with E-state index in [1.807, 2.05) is 0 Å². The Morgan fingerprint density at radius 1 is 1.30 bits per heavy atom. The van der Waals surface area contributed by atoms with Crippen molar-refractivity contribution >= 4 is 10.0 Å². The van der Waals surface area contributed by atoms with E-state index >= 15 is 0 Å². The first-order valence-electron chi connectivity index (χ1n) is 6.00. The van der Waals surface area contributed by atoms with Crippen LogP contribution >= 0.6 is 0 Å². The number of hydrogen-bond acceptors (Lipinski definition) is 5. The Labute approximate surface area is 116 Å². The molecule has 1 saturated heterocycles. The number of benzene rings is 1. The number of rotatable bonds is 4. The molecule has 2 rings (SSSR count). The van der Waals surface area contributed by atoms with Crippen molar-refractivity contribution in [1.29, 1.82) is 0 Å². The van der Waals surface area contributed by atoms with E-state index in [1.165, 1.54) is 14.2 Å². The van der Waals surface area contributed by atoms with Crippen molar-refractivity contribution < 1.29 is 27.4 Å². The Morgan fingerprint density at radius 2 is 1.90 bits per heavy atom. The van der Waals surface area contributed by atoms with Crippen LogP contribution in [0.25, 0.3) is 0 Å². The van der Waals surface area contributed by atoms with Crippen molar-refractivity contribution in [2.45, 2.75) is 17.4 Å². The van der Waals surface area contributed by atoms with E-state index in [0.29, 0.717) is 6.42 Å². The van der Waals surface area contributed by atoms with Crippen molar-refractivity contribution in [3.8, 4) is 11.5 Å². The average Bonchev–Trinajstić information content (AvgIpc) is 2.85. The SMILES string of the molecule is COc1cc(F)c(S(=O)(=O)N2CC[C@@H](O)C2)cc1OC. The largest absolute Gasteiger partial charge is 0.493 e. The number of halogens is 1. The minimum Gasteiger partial charge on any atom is -0.493 e. The maximum Gasteiger partial charge on any atom is 0.246 e. The van der Waals surface area contributed by atoms with Crippen LogP contribution in [0.1, 0.15) is 6.42 Å². The standard InChI is InChI=1S/C12H16FNO5S/c1-18-10-5-9(13)12(6-11(10)19-2)20(16,17)14-4-3-8(15)7-14/h5-6,8,15H,3-4,7H2,1-2H3/t8-/m1/s1. The Kier molecular flexibility index (Phi) is 4.17. The molecular formula is C12H16FNO5S. The number of sulfonamides is 1. The lowest BCUT2D eigenvalue weighted by atomic mass is 10.3. The molecule has 1 fully saturated rings. The van der Waals surface area contributed by atoms with Crippen LogP contribution in [0.15, 0.2) is 17.0 Å². The van der Waals surface area contributed by atoms with Crippen molar-refractivity contribution in [1.82, 2.24) is 4.31 Å². The van der Waals surface area contributed by atoms with Gasteiger partial charge >= 0.3 is 0 Å². The smallest absolute Gasteiger partial charge is 0.246 e. The zero-order valence-electron chi connectivity index (χ0n) is 11.2. The van der Waals surface area contributed by atoms with Gasteiger partial charge in [-0.25, -0.2) is 12.8 Å². The number of methoxy groups -OCH3 is 2. The molecule has 0 amide bonds. The van der Waals surface area contributed by atoms with Crippen molar-refractivity contribution in [2.24, 2.45) is 0 Å². The van der Waals surface area contributed by atoms with Gasteiger partial charge in [0.25, 0.3) is 0 Å². The summed E-state index contributed by atoms with van der Waals surface area (Å²) in [5, 5.41) is 9.42. The van der Waals surface area contributed by atoms with Crippen molar-refractivity contribution in [2.75, 3.05) is 27.3 Å². The number of aliphatic hydroxyl groups is 1. The summed E-state index contributed by atoms with van der Waals surface area (Å²) in [6.07, 6.45) is -0.373. The number of β-amino-alcohol motifs (C(OH)–C–C–N with tert-alkyl or cyclic N) is 1. The third kappa shape index (κ3) is 2.58. The van der Waals surface area contributed by atoms with Gasteiger partial charge in [0.05, 0.1) is 20.3 Å². The van der Waals surface area contributed by atoms with Crippen LogP contribution in [0, 0.1) is 5.82 Å². The second kappa shape index (κ2) is 5.55. The number of nitrogens with zero attached hydrogens (tertiary/aromatic N) is 1. The molecule has 20 heavy (non-hydrogen) atoms. The Hall–Kier alpha value is -1.38. The fraction of sp³-hybridized carbons (Fsp3) is 0.500. The molecule has 8 heteroatoms. The number of hydrogen-bond donors (Lipinski definition) is 1. The predicted molar refractivity (Wildman–Crippen MR) is 68.9 cm³/mol. The molecule has 1 heterocycles. The first kappa shape index (κ1) is 15.0. The summed E-state index contributed by atoms with van der Waals surface area (Å²) in [7, 11) is -1.32. The lowest BCUT2D eigenvalue weighted by Crippen LogP contribution is -2.30. The van der Waals surface area contributed by atoms with Gasteiger partial charge in [-0.3, -0.25) is 0 Å². The van der Waals surface area contributed by atoms with Crippen LogP contribution < -0.4 is 9.47 Å². The molecule has 1 N–H and O–H groups in total. The summed E-state index contributed by atoms with van der Waals surface area (Å²) in [6.45, 7) is 0.132. The first-order valence-corrected chi connectivity index (χ1v) is 7.44. The van der Waals surface area contributed by atoms with Gasteiger partial charge < -0.3 is 14.6 Å². The summed E-state index contributed by atoms with van der Waals surface area (Å²) in [5.74, 6) is -0.665. The quantitative estimate of drug-likeness (QED) is 0.881. The molecule has 0 aromatic heterocycles. The van der Waals surface area contributed by atoms with E-state index in [-0.39, 0.29) is 24.6 Å². The monoisotopic (exact) mass is 305 g/mol. The zero-order chi connectivity index (χ0) is 14.9. The van der Waals surface area contributed by atoms with Crippen molar-refractivity contribution in [3.63, 3.8) is 0 Å². The molecule has 0 radical (unpaired) electrons. The highest BCUT2D eigenvalue weighted by Gasteiger charge is 2.34. The summed E-state index contributed by atoms with van der Waals surface area (Å²) in [6, 6.07) is 2.06. The zero-order valence-corrected chi connectivity index (χ0v) is 12.0. The van der Waals surface area contributed by atoms with Crippen LogP contribution in [0.5, 0.6) is 11.5 Å². The highest BCUT2D eigenvalue weighted by Crippen LogP contribution is 2.33. The molecule has 0 aliphatic carbocycles. The second-order valence-electron chi connectivity index (χ2n) is 4.44. The van der Waals surface area contributed by atoms with Gasteiger partial charge in [0.1, 0.15) is 10.7 Å². The summed E-state index contributed by atoms with van der Waals surface area (Å²) in [4.78, 5) is -0.482. The third-order valence-electron chi connectivity index (χ3n) is 3.18. The first-order chi connectivity index (χ1) is 9.40. The molecule has 1 aliphatic rings. The van der Waals surface area contributed by atoms with Crippen LogP contribution in [0.3, 0.4) is 0 Å². The number of ether oxygens (including phenoxy) is 2. The Balaban J connectivity index is 2.46. The van der Waals surface area contributed by atoms with E-state index in [1.54, 1.807) is 0 Å². The molecule has 6 nitrogen and oxygen atoms in total. The lowest BCUT2D eigenvalue weighted by molar-refractivity contribution is 0.189. The molecular weight excluding hydrogens is 289 g/mol. The molecule has 1 atom stereocenters. The van der Waals surface area contributed by atoms with Gasteiger partial charge in [0.15, 0.2) is 11.5 Å². The van der Waals surface area contributed by atoms with E-state index < -0.39 is 26.8 Å². The predicted octanol–water partition coefficient (Wildman–Crippen LogP) is 0.598. The van der Waals surface area contributed by atoms with Gasteiger partial charge in [0.2, 0.25) is 10.0 Å². The molecule has 1 aromatic carbocycles. The van der Waals surface area contributed by atoms with Gasteiger partial charge in [-0.15, -0.1) is 0 Å². The van der Waals surface area contributed by atoms with Crippen LogP contribution in [0.4, 0.5) is 4.39 Å². The molecule has 1 aliphatic heterocycles. The maximum atomic E-state index is 14.0. The van der Waals surface area contributed by atoms with Crippen LogP contribution in [0.2, 0.25) is 0 Å². The van der Waals surface area contributed by atoms with Gasteiger partial charge in [-0.05, 0) is 6.42 Å². The van der Waals surface area contributed by atoms with E-state index in [2.05, 4.69) is 0 Å². The minimum atomic E-state index is -4.00. The van der Waals surface area contributed by atoms with Crippen molar-refractivity contribution in [3.05, 3.63) is 17.9 Å². The summed E-state index contributed by atoms with van der Waals surface area (Å²) in [5.41, 5.74) is 0. The minimum absolute atomic E-state index is 0.0316. The molecule has 0 saturated carbocycles. The topological polar surface area (TPSA) is 76.1 Å². The summed E-state index contributed by atoms with van der Waals surface area (Å²) < 4.78 is 49.6. The van der Waals surface area contributed by atoms with Gasteiger partial charge in [0, 0.05) is 25.2 Å². The Morgan fingerprint density at radius 3 is 2.40 bits per heavy atom. The average molecular weight is 305 g/mol. The Bertz CT molecular complexity index is 604. The van der Waals surface area contributed by atoms with Gasteiger partial charge in [-0.1, -0.05) is 0 Å². The van der Waals surface area contributed by atoms with Crippen LogP contribution in [-0.2, 0) is 10.0 Å². The maximum absolute atomic E-state index is 14.0. The van der Waals surface area contributed by atoms with E-state index in [9.17, 15) is 17.9 Å². The fourth-order valence-corrected chi connectivity index (χ4v) is 3.65. The lowest BCUT2D eigenvalue weighted by Gasteiger charge is -2.17. The van der Waals surface area contributed by atoms with E-state index in [0.717, 1.165) is 16.4 Å². The molecule has 1 aromatic rings. The third-order valence-corrected chi connectivity index (χ3v) is 5.06. The molecule has 0 unspecified atom stereocenters. The van der Waals surface area contributed by atoms with Gasteiger partial charge in [-0.2, -0.15) is 4.31 Å². The normalized spacial score (nSPS) is 20.1. The molecule has 0 spiro atoms. The highest BCUT2D eigenvalue weighted by atomic mass is 32.2. The second-order valence-corrected chi connectivity index (χ2v) is 6.35. The molecule has 0 bridgehead atoms. The number of aliphatic hydroxyl groups excluding tert-OH is 1. The van der Waals surface area contributed by atoms with Crippen LogP contribution in [-0.4, -0.2) is 51.2 Å². The summed E-state index contributed by atoms with van der Waals surface area (Å²) >= 11 is 0. The molecule has 112 valence electrons. The van der Waals surface area contributed by atoms with E-state index in [4.69, 9.17) is 9.47 Å². The fourth-order valence-electron chi connectivity index (χ4n) is 2.10.